The highest BCUT2D eigenvalue weighted by Gasteiger charge is 2.67. The van der Waals surface area contributed by atoms with Crippen molar-refractivity contribution in [2.75, 3.05) is 6.61 Å². The number of Topliss-reactive ketones (excluding diaryl/α,β-unsaturated/α-hetero) is 1. The van der Waals surface area contributed by atoms with Gasteiger partial charge in [-0.05, 0) is 94.5 Å². The van der Waals surface area contributed by atoms with Gasteiger partial charge in [-0.3, -0.25) is 14.4 Å². The predicted molar refractivity (Wildman–Crippen MR) is 133 cm³/mol. The van der Waals surface area contributed by atoms with Crippen LogP contribution in [-0.2, 0) is 19.1 Å². The molecule has 0 aromatic rings. The highest BCUT2D eigenvalue weighted by atomic mass is 16.6. The van der Waals surface area contributed by atoms with Crippen molar-refractivity contribution in [1.82, 2.24) is 0 Å². The molecule has 0 aromatic carbocycles. The van der Waals surface area contributed by atoms with Crippen LogP contribution in [0.15, 0.2) is 11.6 Å². The molecule has 192 valence electrons. The van der Waals surface area contributed by atoms with E-state index >= 15 is 0 Å². The van der Waals surface area contributed by atoms with E-state index in [0.29, 0.717) is 37.0 Å². The monoisotopic (exact) mass is 474 g/mol. The summed E-state index contributed by atoms with van der Waals surface area (Å²) in [6, 6.07) is 0. The number of carbonyl (C=O) groups is 3. The third-order valence-electron chi connectivity index (χ3n) is 9.92. The summed E-state index contributed by atoms with van der Waals surface area (Å²) in [4.78, 5) is 37.8. The largest absolute Gasteiger partial charge is 0.450 e. The highest BCUT2D eigenvalue weighted by molar-refractivity contribution is 5.91. The van der Waals surface area contributed by atoms with Crippen molar-refractivity contribution in [3.63, 3.8) is 0 Å². The summed E-state index contributed by atoms with van der Waals surface area (Å²) in [6.07, 6.45) is 12.6. The molecule has 0 bridgehead atoms. The number of esters is 1. The fourth-order valence-electron chi connectivity index (χ4n) is 8.14. The summed E-state index contributed by atoms with van der Waals surface area (Å²) in [5.74, 6) is 1.66. The van der Waals surface area contributed by atoms with E-state index in [2.05, 4.69) is 20.8 Å². The molecule has 0 spiro atoms. The smallest absolute Gasteiger partial charge is 0.306 e. The van der Waals surface area contributed by atoms with Crippen LogP contribution in [0.2, 0.25) is 0 Å². The molecule has 4 aliphatic carbocycles. The molecule has 0 unspecified atom stereocenters. The summed E-state index contributed by atoms with van der Waals surface area (Å²) in [5.41, 5.74) is 0.261. The van der Waals surface area contributed by atoms with Gasteiger partial charge in [-0.25, -0.2) is 0 Å². The minimum Gasteiger partial charge on any atom is -0.450 e. The van der Waals surface area contributed by atoms with Gasteiger partial charge in [0.1, 0.15) is 0 Å². The Labute approximate surface area is 206 Å². The molecule has 0 aliphatic heterocycles. The number of carbonyl (C=O) groups excluding carboxylic acids is 3. The number of allylic oxidation sites excluding steroid dienone is 1. The van der Waals surface area contributed by atoms with Crippen molar-refractivity contribution in [3.05, 3.63) is 11.6 Å². The van der Waals surface area contributed by atoms with Crippen LogP contribution in [0.3, 0.4) is 0 Å². The Balaban J connectivity index is 0.00000103. The molecule has 0 heterocycles. The van der Waals surface area contributed by atoms with Gasteiger partial charge in [-0.15, -0.1) is 0 Å². The van der Waals surface area contributed by atoms with Crippen molar-refractivity contribution in [3.8, 4) is 0 Å². The van der Waals surface area contributed by atoms with Gasteiger partial charge in [-0.2, -0.15) is 0 Å². The number of hydrogen-bond acceptors (Lipinski definition) is 5. The molecule has 4 aliphatic rings. The van der Waals surface area contributed by atoms with Crippen LogP contribution >= 0.6 is 0 Å². The molecule has 3 saturated carbocycles. The van der Waals surface area contributed by atoms with Crippen molar-refractivity contribution >= 4 is 17.5 Å². The lowest BCUT2D eigenvalue weighted by molar-refractivity contribution is -0.189. The molecule has 1 N–H and O–H groups in total. The first kappa shape index (κ1) is 27.1. The van der Waals surface area contributed by atoms with E-state index in [-0.39, 0.29) is 35.0 Å². The number of ketones is 2. The van der Waals surface area contributed by atoms with E-state index in [1.165, 1.54) is 5.57 Å². The first-order valence-electron chi connectivity index (χ1n) is 13.7. The maximum absolute atomic E-state index is 13.1. The third kappa shape index (κ3) is 4.54. The van der Waals surface area contributed by atoms with E-state index in [1.807, 2.05) is 6.08 Å². The van der Waals surface area contributed by atoms with Gasteiger partial charge in [0.05, 0.1) is 0 Å². The summed E-state index contributed by atoms with van der Waals surface area (Å²) >= 11 is 0. The van der Waals surface area contributed by atoms with Crippen molar-refractivity contribution in [1.29, 1.82) is 0 Å². The predicted octanol–water partition coefficient (Wildman–Crippen LogP) is 5.97. The Morgan fingerprint density at radius 1 is 1.03 bits per heavy atom. The second-order valence-corrected chi connectivity index (χ2v) is 11.6. The number of aliphatic hydroxyl groups excluding tert-OH is 1. The van der Waals surface area contributed by atoms with Crippen LogP contribution in [0.4, 0.5) is 0 Å². The average Bonchev–Trinajstić information content (AvgIpc) is 3.08. The molecule has 5 heteroatoms. The van der Waals surface area contributed by atoms with Crippen LogP contribution in [0.25, 0.3) is 0 Å². The zero-order valence-corrected chi connectivity index (χ0v) is 22.1. The molecule has 4 rings (SSSR count). The minimum absolute atomic E-state index is 0.0330. The fraction of sp³-hybridized carbons (Fsp3) is 0.828. The molecule has 0 radical (unpaired) electrons. The number of fused-ring (bicyclic) bond motifs is 5. The second-order valence-electron chi connectivity index (χ2n) is 11.6. The lowest BCUT2D eigenvalue weighted by atomic mass is 9.46. The van der Waals surface area contributed by atoms with Gasteiger partial charge in [-0.1, -0.05) is 39.2 Å². The van der Waals surface area contributed by atoms with E-state index < -0.39 is 5.60 Å². The Morgan fingerprint density at radius 3 is 2.35 bits per heavy atom. The standard InChI is InChI=1S/C27H40O4.C2H6O/c1-5-6-7-8-24(30)31-27(18(2)28)16-13-23-21-10-9-19-17-20(29)11-14-25(19,3)22(21)12-15-26(23,27)4;1-2-3/h17,21-23H,5-16H2,1-4H3;3H,2H2,1H3/t21-,22+,23+,25+,26+,27+;/m1./s1. The number of ether oxygens (including phenoxy) is 1. The Bertz CT molecular complexity index is 815. The molecule has 6 atom stereocenters. The van der Waals surface area contributed by atoms with E-state index in [1.54, 1.807) is 13.8 Å². The van der Waals surface area contributed by atoms with Gasteiger partial charge in [0.25, 0.3) is 0 Å². The number of hydrogen-bond donors (Lipinski definition) is 1. The van der Waals surface area contributed by atoms with Crippen LogP contribution in [0.1, 0.15) is 112 Å². The molecular formula is C29H46O5. The zero-order valence-electron chi connectivity index (χ0n) is 22.1. The lowest BCUT2D eigenvalue weighted by Gasteiger charge is -2.59. The summed E-state index contributed by atoms with van der Waals surface area (Å²) < 4.78 is 6.16. The summed E-state index contributed by atoms with van der Waals surface area (Å²) in [5, 5.41) is 7.57. The zero-order chi connectivity index (χ0) is 25.1. The molecule has 3 fully saturated rings. The summed E-state index contributed by atoms with van der Waals surface area (Å²) in [6.45, 7) is 10.3. The highest BCUT2D eigenvalue weighted by Crippen LogP contribution is 2.68. The normalized spacial score (nSPS) is 38.5. The number of unbranched alkanes of at least 4 members (excludes halogenated alkanes) is 2. The molecule has 0 amide bonds. The number of aliphatic hydroxyl groups is 1. The Kier molecular flexibility index (Phi) is 8.48. The second kappa shape index (κ2) is 10.6. The maximum atomic E-state index is 13.1. The van der Waals surface area contributed by atoms with Crippen LogP contribution in [0, 0.1) is 28.6 Å². The van der Waals surface area contributed by atoms with Gasteiger partial charge < -0.3 is 9.84 Å². The fourth-order valence-corrected chi connectivity index (χ4v) is 8.14. The molecule has 34 heavy (non-hydrogen) atoms. The van der Waals surface area contributed by atoms with Gasteiger partial charge >= 0.3 is 5.97 Å². The van der Waals surface area contributed by atoms with Crippen LogP contribution < -0.4 is 0 Å². The van der Waals surface area contributed by atoms with Crippen molar-refractivity contribution in [2.45, 2.75) is 117 Å². The minimum atomic E-state index is -0.953. The lowest BCUT2D eigenvalue weighted by Crippen LogP contribution is -2.58. The maximum Gasteiger partial charge on any atom is 0.306 e. The van der Waals surface area contributed by atoms with E-state index in [0.717, 1.165) is 57.8 Å². The number of rotatable bonds is 6. The summed E-state index contributed by atoms with van der Waals surface area (Å²) in [7, 11) is 0. The van der Waals surface area contributed by atoms with Gasteiger partial charge in [0, 0.05) is 24.9 Å². The van der Waals surface area contributed by atoms with Crippen LogP contribution in [0.5, 0.6) is 0 Å². The first-order valence-corrected chi connectivity index (χ1v) is 13.7. The first-order chi connectivity index (χ1) is 16.1. The SMILES string of the molecule is CCCCCC(=O)O[C@]1(C(C)=O)CC[C@H]2[C@@H]3CCC4=CC(=O)CC[C@]4(C)[C@H]3CC[C@@]21C.CCO. The van der Waals surface area contributed by atoms with Crippen molar-refractivity contribution < 1.29 is 24.2 Å². The topological polar surface area (TPSA) is 80.7 Å². The van der Waals surface area contributed by atoms with Crippen molar-refractivity contribution in [2.24, 2.45) is 28.6 Å². The molecule has 0 aromatic heterocycles. The molecule has 0 saturated heterocycles. The Morgan fingerprint density at radius 2 is 1.71 bits per heavy atom. The van der Waals surface area contributed by atoms with E-state index in [4.69, 9.17) is 9.84 Å². The van der Waals surface area contributed by atoms with Crippen LogP contribution in [-0.4, -0.2) is 34.9 Å². The quantitative estimate of drug-likeness (QED) is 0.379. The van der Waals surface area contributed by atoms with Gasteiger partial charge in [0.15, 0.2) is 17.2 Å². The molecule has 5 nitrogen and oxygen atoms in total. The average molecular weight is 475 g/mol. The third-order valence-corrected chi connectivity index (χ3v) is 9.92. The van der Waals surface area contributed by atoms with Gasteiger partial charge in [0.2, 0.25) is 0 Å². The Hall–Kier alpha value is -1.49. The van der Waals surface area contributed by atoms with E-state index in [9.17, 15) is 14.4 Å². The molecular weight excluding hydrogens is 428 g/mol.